The van der Waals surface area contributed by atoms with E-state index in [2.05, 4.69) is 37.8 Å². The van der Waals surface area contributed by atoms with Crippen LogP contribution in [-0.2, 0) is 4.79 Å². The maximum atomic E-state index is 11.4. The molecule has 3 aliphatic heterocycles. The maximum Gasteiger partial charge on any atom is 0.220 e. The van der Waals surface area contributed by atoms with Crippen LogP contribution in [0.15, 0.2) is 11.4 Å². The number of likely N-dealkylation sites (tertiary alicyclic amines) is 2. The van der Waals surface area contributed by atoms with Crippen LogP contribution in [-0.4, -0.2) is 91.0 Å². The van der Waals surface area contributed by atoms with Crippen molar-refractivity contribution in [3.63, 3.8) is 0 Å². The molecule has 9 heteroatoms. The first-order valence-electron chi connectivity index (χ1n) is 11.7. The largest absolute Gasteiger partial charge is 0.369 e. The minimum atomic E-state index is -0.202. The van der Waals surface area contributed by atoms with Gasteiger partial charge in [-0.15, -0.1) is 0 Å². The number of nitrogens with two attached hydrogens (primary N) is 1. The molecule has 3 heterocycles. The number of nitriles is 3. The lowest BCUT2D eigenvalue weighted by molar-refractivity contribution is -0.123. The maximum absolute atomic E-state index is 11.4. The van der Waals surface area contributed by atoms with E-state index in [-0.39, 0.29) is 23.3 Å². The van der Waals surface area contributed by atoms with Gasteiger partial charge in [-0.1, -0.05) is 0 Å². The average Bonchev–Trinajstić information content (AvgIpc) is 3.22. The van der Waals surface area contributed by atoms with Gasteiger partial charge in [0.1, 0.15) is 18.0 Å². The Morgan fingerprint density at radius 2 is 1.38 bits per heavy atom. The van der Waals surface area contributed by atoms with Gasteiger partial charge in [0.05, 0.1) is 6.07 Å². The number of allylic oxidation sites excluding steroid dienone is 1. The van der Waals surface area contributed by atoms with Crippen molar-refractivity contribution in [2.45, 2.75) is 32.1 Å². The molecule has 0 radical (unpaired) electrons. The Hall–Kier alpha value is -2.80. The number of rotatable bonds is 8. The number of hydrogen-bond acceptors (Lipinski definition) is 8. The summed E-state index contributed by atoms with van der Waals surface area (Å²) in [6.07, 6.45) is 4.47. The summed E-state index contributed by atoms with van der Waals surface area (Å²) < 4.78 is 0. The number of piperidine rings is 2. The molecule has 172 valence electrons. The fourth-order valence-electron chi connectivity index (χ4n) is 5.00. The molecule has 1 amide bonds. The zero-order valence-electron chi connectivity index (χ0n) is 18.9. The van der Waals surface area contributed by atoms with Gasteiger partial charge < -0.3 is 25.3 Å². The van der Waals surface area contributed by atoms with Gasteiger partial charge in [0.15, 0.2) is 5.57 Å². The Morgan fingerprint density at radius 1 is 0.812 bits per heavy atom. The first kappa shape index (κ1) is 23.9. The zero-order chi connectivity index (χ0) is 22.9. The van der Waals surface area contributed by atoms with Crippen LogP contribution in [0.4, 0.5) is 0 Å². The van der Waals surface area contributed by atoms with Crippen molar-refractivity contribution in [2.24, 2.45) is 17.6 Å². The van der Waals surface area contributed by atoms with Crippen molar-refractivity contribution in [1.82, 2.24) is 19.6 Å². The van der Waals surface area contributed by atoms with Gasteiger partial charge in [0, 0.05) is 44.6 Å². The lowest BCUT2D eigenvalue weighted by Gasteiger charge is -2.33. The Morgan fingerprint density at radius 3 is 1.94 bits per heavy atom. The highest BCUT2D eigenvalue weighted by Crippen LogP contribution is 2.24. The van der Waals surface area contributed by atoms with Gasteiger partial charge >= 0.3 is 0 Å². The molecule has 0 aliphatic carbocycles. The second kappa shape index (κ2) is 11.7. The van der Waals surface area contributed by atoms with Crippen LogP contribution in [0, 0.1) is 45.8 Å². The third-order valence-corrected chi connectivity index (χ3v) is 7.03. The molecular weight excluding hydrogens is 404 g/mol. The van der Waals surface area contributed by atoms with Crippen LogP contribution in [0.25, 0.3) is 0 Å². The predicted octanol–water partition coefficient (Wildman–Crippen LogP) is 0.686. The Kier molecular flexibility index (Phi) is 8.73. The Bertz CT molecular complexity index is 787. The van der Waals surface area contributed by atoms with Crippen molar-refractivity contribution in [1.29, 1.82) is 15.8 Å². The van der Waals surface area contributed by atoms with Crippen LogP contribution >= 0.6 is 0 Å². The first-order chi connectivity index (χ1) is 15.5. The van der Waals surface area contributed by atoms with E-state index >= 15 is 0 Å². The summed E-state index contributed by atoms with van der Waals surface area (Å²) in [5, 5.41) is 28.1. The molecule has 3 saturated heterocycles. The predicted molar refractivity (Wildman–Crippen MR) is 119 cm³/mol. The van der Waals surface area contributed by atoms with Crippen LogP contribution < -0.4 is 5.73 Å². The highest BCUT2D eigenvalue weighted by molar-refractivity contribution is 5.76. The van der Waals surface area contributed by atoms with E-state index in [9.17, 15) is 15.3 Å². The highest BCUT2D eigenvalue weighted by atomic mass is 16.1. The molecule has 0 aromatic carbocycles. The van der Waals surface area contributed by atoms with Gasteiger partial charge in [-0.25, -0.2) is 0 Å². The van der Waals surface area contributed by atoms with Crippen molar-refractivity contribution in [2.75, 3.05) is 65.4 Å². The van der Waals surface area contributed by atoms with E-state index in [0.29, 0.717) is 0 Å². The number of hydrogen-bond donors (Lipinski definition) is 1. The molecule has 0 saturated carbocycles. The number of primary amides is 1. The number of carbonyl (C=O) groups excluding carboxylic acids is 1. The van der Waals surface area contributed by atoms with E-state index in [1.807, 2.05) is 0 Å². The molecule has 0 aromatic heterocycles. The molecule has 3 rings (SSSR count). The third kappa shape index (κ3) is 6.13. The summed E-state index contributed by atoms with van der Waals surface area (Å²) in [7, 11) is 0. The van der Waals surface area contributed by atoms with Crippen molar-refractivity contribution >= 4 is 5.91 Å². The number of amides is 1. The fraction of sp³-hybridized carbons (Fsp3) is 0.739. The van der Waals surface area contributed by atoms with Crippen LogP contribution in [0.2, 0.25) is 0 Å². The lowest BCUT2D eigenvalue weighted by Crippen LogP contribution is -2.42. The standard InChI is InChI=1S/C23H34N8O/c24-16-19-2-8-28(9-3-19)6-1-7-30-14-15-31(23(30)21(17-25)18-26)13-12-29-10-4-20(5-11-29)22(27)32/h19-20H,1-15H2,(H2,27,32). The summed E-state index contributed by atoms with van der Waals surface area (Å²) in [6, 6.07) is 6.55. The monoisotopic (exact) mass is 438 g/mol. The number of nitrogens with zero attached hydrogens (tertiary/aromatic N) is 7. The van der Waals surface area contributed by atoms with E-state index in [4.69, 9.17) is 11.0 Å². The summed E-state index contributed by atoms with van der Waals surface area (Å²) in [5.41, 5.74) is 5.61. The number of carbonyl (C=O) groups is 1. The van der Waals surface area contributed by atoms with E-state index in [1.54, 1.807) is 0 Å². The van der Waals surface area contributed by atoms with E-state index in [1.165, 1.54) is 0 Å². The topological polar surface area (TPSA) is 127 Å². The molecule has 0 atom stereocenters. The summed E-state index contributed by atoms with van der Waals surface area (Å²) in [5.74, 6) is 0.749. The van der Waals surface area contributed by atoms with Gasteiger partial charge in [-0.2, -0.15) is 15.8 Å². The molecule has 0 spiro atoms. The van der Waals surface area contributed by atoms with Crippen molar-refractivity contribution in [3.05, 3.63) is 11.4 Å². The van der Waals surface area contributed by atoms with Gasteiger partial charge in [-0.3, -0.25) is 4.79 Å². The Labute approximate surface area is 191 Å². The van der Waals surface area contributed by atoms with E-state index < -0.39 is 0 Å². The molecule has 9 nitrogen and oxygen atoms in total. The molecule has 3 fully saturated rings. The smallest absolute Gasteiger partial charge is 0.220 e. The van der Waals surface area contributed by atoms with Crippen molar-refractivity contribution in [3.8, 4) is 18.2 Å². The molecule has 3 aliphatic rings. The van der Waals surface area contributed by atoms with Crippen molar-refractivity contribution < 1.29 is 4.79 Å². The molecule has 0 unspecified atom stereocenters. The third-order valence-electron chi connectivity index (χ3n) is 7.03. The van der Waals surface area contributed by atoms with Gasteiger partial charge in [0.2, 0.25) is 5.91 Å². The minimum Gasteiger partial charge on any atom is -0.369 e. The average molecular weight is 439 g/mol. The second-order valence-electron chi connectivity index (χ2n) is 9.01. The molecule has 0 aromatic rings. The Balaban J connectivity index is 1.50. The fourth-order valence-corrected chi connectivity index (χ4v) is 5.00. The quantitative estimate of drug-likeness (QED) is 0.548. The summed E-state index contributed by atoms with van der Waals surface area (Å²) in [4.78, 5) is 20.5. The van der Waals surface area contributed by atoms with Crippen LogP contribution in [0.3, 0.4) is 0 Å². The van der Waals surface area contributed by atoms with Gasteiger partial charge in [0.25, 0.3) is 0 Å². The van der Waals surface area contributed by atoms with Crippen LogP contribution in [0.5, 0.6) is 0 Å². The normalized spacial score (nSPS) is 21.2. The summed E-state index contributed by atoms with van der Waals surface area (Å²) in [6.45, 7) is 8.71. The molecule has 32 heavy (non-hydrogen) atoms. The molecule has 0 bridgehead atoms. The van der Waals surface area contributed by atoms with E-state index in [0.717, 1.165) is 103 Å². The van der Waals surface area contributed by atoms with Crippen LogP contribution in [0.1, 0.15) is 32.1 Å². The highest BCUT2D eigenvalue weighted by Gasteiger charge is 2.30. The SMILES string of the molecule is N#CC(C#N)=C1N(CCCN2CCC(C#N)CC2)CCN1CCN1CCC(C(N)=O)CC1. The lowest BCUT2D eigenvalue weighted by atomic mass is 9.96. The first-order valence-corrected chi connectivity index (χ1v) is 11.7. The summed E-state index contributed by atoms with van der Waals surface area (Å²) >= 11 is 0. The van der Waals surface area contributed by atoms with Gasteiger partial charge in [-0.05, 0) is 64.8 Å². The molecule has 2 N–H and O–H groups in total. The molecular formula is C23H34N8O. The zero-order valence-corrected chi connectivity index (χ0v) is 18.9. The second-order valence-corrected chi connectivity index (χ2v) is 9.01. The minimum absolute atomic E-state index is 0.0153.